The van der Waals surface area contributed by atoms with Gasteiger partial charge in [-0.2, -0.15) is 0 Å². The highest BCUT2D eigenvalue weighted by molar-refractivity contribution is 7.92. The van der Waals surface area contributed by atoms with E-state index in [-0.39, 0.29) is 16.5 Å². The first-order valence-electron chi connectivity index (χ1n) is 10.8. The second-order valence-electron chi connectivity index (χ2n) is 8.36. The van der Waals surface area contributed by atoms with E-state index in [0.29, 0.717) is 30.3 Å². The van der Waals surface area contributed by atoms with Gasteiger partial charge in [0.15, 0.2) is 0 Å². The molecule has 166 valence electrons. The zero-order valence-electron chi connectivity index (χ0n) is 17.7. The van der Waals surface area contributed by atoms with Crippen LogP contribution in [0.3, 0.4) is 0 Å². The van der Waals surface area contributed by atoms with E-state index < -0.39 is 15.8 Å². The van der Waals surface area contributed by atoms with Crippen molar-refractivity contribution in [3.05, 3.63) is 59.4 Å². The summed E-state index contributed by atoms with van der Waals surface area (Å²) in [4.78, 5) is 17.2. The summed E-state index contributed by atoms with van der Waals surface area (Å²) >= 11 is 0. The van der Waals surface area contributed by atoms with Gasteiger partial charge >= 0.3 is 0 Å². The molecule has 31 heavy (non-hydrogen) atoms. The second kappa shape index (κ2) is 8.96. The van der Waals surface area contributed by atoms with Crippen molar-refractivity contribution in [2.45, 2.75) is 43.5 Å². The number of sulfonamides is 1. The quantitative estimate of drug-likeness (QED) is 0.763. The van der Waals surface area contributed by atoms with Gasteiger partial charge in [-0.05, 0) is 81.6 Å². The fourth-order valence-corrected chi connectivity index (χ4v) is 5.45. The molecule has 0 bridgehead atoms. The summed E-state index contributed by atoms with van der Waals surface area (Å²) in [6, 6.07) is 10.8. The topological polar surface area (TPSA) is 69.7 Å². The standard InChI is InChI=1S/C23H28FN3O3S/c1-17-7-8-21(16-22(17)24)31(29,30)25-19-6-4-5-18(15-19)23(28)27-13-9-20(10-14-27)26-11-2-3-12-26/h4-8,15-16,20,25H,2-3,9-14H2,1H3. The van der Waals surface area contributed by atoms with Crippen LogP contribution in [0.5, 0.6) is 0 Å². The van der Waals surface area contributed by atoms with Gasteiger partial charge in [0.05, 0.1) is 4.90 Å². The number of halogens is 1. The number of piperidine rings is 1. The predicted molar refractivity (Wildman–Crippen MR) is 118 cm³/mol. The van der Waals surface area contributed by atoms with Gasteiger partial charge in [-0.3, -0.25) is 9.52 Å². The van der Waals surface area contributed by atoms with Crippen LogP contribution in [0.15, 0.2) is 47.4 Å². The monoisotopic (exact) mass is 445 g/mol. The molecule has 2 aromatic carbocycles. The second-order valence-corrected chi connectivity index (χ2v) is 10.0. The van der Waals surface area contributed by atoms with Crippen molar-refractivity contribution >= 4 is 21.6 Å². The minimum Gasteiger partial charge on any atom is -0.339 e. The summed E-state index contributed by atoms with van der Waals surface area (Å²) < 4.78 is 41.5. The van der Waals surface area contributed by atoms with Crippen molar-refractivity contribution in [2.24, 2.45) is 0 Å². The van der Waals surface area contributed by atoms with E-state index in [0.717, 1.165) is 32.0 Å². The molecule has 0 atom stereocenters. The first kappa shape index (κ1) is 21.8. The third-order valence-corrected chi connectivity index (χ3v) is 7.60. The normalized spacial score (nSPS) is 18.3. The third-order valence-electron chi connectivity index (χ3n) is 6.22. The molecule has 2 aromatic rings. The lowest BCUT2D eigenvalue weighted by Crippen LogP contribution is -2.45. The van der Waals surface area contributed by atoms with Gasteiger partial charge in [-0.1, -0.05) is 12.1 Å². The van der Waals surface area contributed by atoms with Crippen molar-refractivity contribution in [3.63, 3.8) is 0 Å². The number of nitrogens with one attached hydrogen (secondary N) is 1. The molecule has 0 radical (unpaired) electrons. The molecule has 6 nitrogen and oxygen atoms in total. The van der Waals surface area contributed by atoms with Gasteiger partial charge in [-0.15, -0.1) is 0 Å². The summed E-state index contributed by atoms with van der Waals surface area (Å²) in [5.41, 5.74) is 1.09. The number of hydrogen-bond acceptors (Lipinski definition) is 4. The molecule has 0 saturated carbocycles. The van der Waals surface area contributed by atoms with Crippen LogP contribution >= 0.6 is 0 Å². The molecule has 8 heteroatoms. The summed E-state index contributed by atoms with van der Waals surface area (Å²) in [5.74, 6) is -0.675. The zero-order chi connectivity index (χ0) is 22.0. The number of anilines is 1. The Kier molecular flexibility index (Phi) is 6.29. The highest BCUT2D eigenvalue weighted by atomic mass is 32.2. The van der Waals surface area contributed by atoms with Crippen LogP contribution in [0.2, 0.25) is 0 Å². The number of carbonyl (C=O) groups is 1. The smallest absolute Gasteiger partial charge is 0.261 e. The predicted octanol–water partition coefficient (Wildman–Crippen LogP) is 3.64. The Balaban J connectivity index is 1.43. The number of nitrogens with zero attached hydrogens (tertiary/aromatic N) is 2. The van der Waals surface area contributed by atoms with Gasteiger partial charge in [0.25, 0.3) is 15.9 Å². The van der Waals surface area contributed by atoms with E-state index in [4.69, 9.17) is 0 Å². The molecular weight excluding hydrogens is 417 g/mol. The molecule has 2 aliphatic heterocycles. The average Bonchev–Trinajstić information content (AvgIpc) is 3.30. The summed E-state index contributed by atoms with van der Waals surface area (Å²) in [6.07, 6.45) is 4.46. The van der Waals surface area contributed by atoms with Gasteiger partial charge < -0.3 is 9.80 Å². The van der Waals surface area contributed by atoms with Crippen LogP contribution in [0.4, 0.5) is 10.1 Å². The van der Waals surface area contributed by atoms with E-state index in [1.807, 2.05) is 4.90 Å². The summed E-state index contributed by atoms with van der Waals surface area (Å²) in [7, 11) is -3.96. The van der Waals surface area contributed by atoms with Crippen LogP contribution in [0.1, 0.15) is 41.6 Å². The molecule has 2 fully saturated rings. The maximum absolute atomic E-state index is 13.8. The zero-order valence-corrected chi connectivity index (χ0v) is 18.5. The van der Waals surface area contributed by atoms with Crippen molar-refractivity contribution in [1.29, 1.82) is 0 Å². The van der Waals surface area contributed by atoms with Crippen molar-refractivity contribution in [2.75, 3.05) is 30.9 Å². The minimum absolute atomic E-state index is 0.0951. The number of amides is 1. The van der Waals surface area contributed by atoms with E-state index in [9.17, 15) is 17.6 Å². The van der Waals surface area contributed by atoms with Gasteiger partial charge in [0.1, 0.15) is 5.82 Å². The Bertz CT molecular complexity index is 1060. The van der Waals surface area contributed by atoms with Crippen LogP contribution in [0, 0.1) is 12.7 Å². The Labute approximate surface area is 183 Å². The van der Waals surface area contributed by atoms with Crippen molar-refractivity contribution < 1.29 is 17.6 Å². The molecule has 1 amide bonds. The van der Waals surface area contributed by atoms with Crippen LogP contribution in [0.25, 0.3) is 0 Å². The number of rotatable bonds is 5. The molecule has 2 saturated heterocycles. The van der Waals surface area contributed by atoms with Gasteiger partial charge in [-0.25, -0.2) is 12.8 Å². The Morgan fingerprint density at radius 2 is 1.74 bits per heavy atom. The highest BCUT2D eigenvalue weighted by Crippen LogP contribution is 2.24. The molecule has 2 heterocycles. The molecular formula is C23H28FN3O3S. The van der Waals surface area contributed by atoms with Gasteiger partial charge in [0, 0.05) is 30.4 Å². The van der Waals surface area contributed by atoms with E-state index in [1.54, 1.807) is 25.1 Å². The lowest BCUT2D eigenvalue weighted by molar-refractivity contribution is 0.0644. The SMILES string of the molecule is Cc1ccc(S(=O)(=O)Nc2cccc(C(=O)N3CCC(N4CCCC4)CC3)c2)cc1F. The molecule has 0 aliphatic carbocycles. The molecule has 0 unspecified atom stereocenters. The average molecular weight is 446 g/mol. The summed E-state index contributed by atoms with van der Waals surface area (Å²) in [5, 5.41) is 0. The molecule has 0 spiro atoms. The molecule has 1 N–H and O–H groups in total. The third kappa shape index (κ3) is 4.91. The number of carbonyl (C=O) groups excluding carboxylic acids is 1. The number of hydrogen-bond donors (Lipinski definition) is 1. The highest BCUT2D eigenvalue weighted by Gasteiger charge is 2.28. The molecule has 4 rings (SSSR count). The minimum atomic E-state index is -3.96. The number of likely N-dealkylation sites (tertiary alicyclic amines) is 2. The van der Waals surface area contributed by atoms with E-state index in [2.05, 4.69) is 9.62 Å². The Morgan fingerprint density at radius 3 is 2.42 bits per heavy atom. The largest absolute Gasteiger partial charge is 0.339 e. The van der Waals surface area contributed by atoms with Crippen molar-refractivity contribution in [1.82, 2.24) is 9.80 Å². The van der Waals surface area contributed by atoms with Crippen LogP contribution in [-0.2, 0) is 10.0 Å². The van der Waals surface area contributed by atoms with E-state index >= 15 is 0 Å². The fraction of sp³-hybridized carbons (Fsp3) is 0.435. The van der Waals surface area contributed by atoms with Crippen LogP contribution in [-0.4, -0.2) is 56.3 Å². The lowest BCUT2D eigenvalue weighted by atomic mass is 10.0. The Morgan fingerprint density at radius 1 is 1.03 bits per heavy atom. The number of benzene rings is 2. The molecule has 2 aliphatic rings. The number of aryl methyl sites for hydroxylation is 1. The molecule has 0 aromatic heterocycles. The maximum Gasteiger partial charge on any atom is 0.261 e. The Hall–Kier alpha value is -2.45. The fourth-order valence-electron chi connectivity index (χ4n) is 4.39. The van der Waals surface area contributed by atoms with Gasteiger partial charge in [0.2, 0.25) is 0 Å². The van der Waals surface area contributed by atoms with Crippen molar-refractivity contribution in [3.8, 4) is 0 Å². The first-order chi connectivity index (χ1) is 14.8. The summed E-state index contributed by atoms with van der Waals surface area (Å²) in [6.45, 7) is 5.30. The van der Waals surface area contributed by atoms with E-state index in [1.165, 1.54) is 31.0 Å². The maximum atomic E-state index is 13.8. The lowest BCUT2D eigenvalue weighted by Gasteiger charge is -2.36. The van der Waals surface area contributed by atoms with Crippen LogP contribution < -0.4 is 4.72 Å². The first-order valence-corrected chi connectivity index (χ1v) is 12.2.